The Morgan fingerprint density at radius 1 is 1.47 bits per heavy atom. The van der Waals surface area contributed by atoms with Crippen LogP contribution in [0.2, 0.25) is 0 Å². The molecule has 1 aromatic heterocycles. The predicted octanol–water partition coefficient (Wildman–Crippen LogP) is -0.0550. The van der Waals surface area contributed by atoms with Crippen molar-refractivity contribution < 1.29 is 9.47 Å². The maximum absolute atomic E-state index is 11.6. The fraction of sp³-hybridized carbons (Fsp3) is 0.455. The average molecular weight is 238 g/mol. The fourth-order valence-corrected chi connectivity index (χ4v) is 1.68. The summed E-state index contributed by atoms with van der Waals surface area (Å²) in [7, 11) is 1.58. The van der Waals surface area contributed by atoms with Gasteiger partial charge in [0.05, 0.1) is 6.61 Å². The number of nitrogens with one attached hydrogen (secondary N) is 1. The molecule has 0 aliphatic carbocycles. The van der Waals surface area contributed by atoms with E-state index in [-0.39, 0.29) is 11.7 Å². The molecule has 17 heavy (non-hydrogen) atoms. The SMILES string of the molecule is COC[C@H]1C=C[C@H](n2cc(C)c(=O)[nH]c2=O)O1. The number of hydrogen-bond acceptors (Lipinski definition) is 4. The first-order chi connectivity index (χ1) is 8.11. The van der Waals surface area contributed by atoms with Crippen molar-refractivity contribution in [2.24, 2.45) is 0 Å². The van der Waals surface area contributed by atoms with Gasteiger partial charge < -0.3 is 9.47 Å². The van der Waals surface area contributed by atoms with Gasteiger partial charge >= 0.3 is 5.69 Å². The number of ether oxygens (including phenoxy) is 2. The minimum absolute atomic E-state index is 0.163. The van der Waals surface area contributed by atoms with Crippen molar-refractivity contribution in [2.45, 2.75) is 19.3 Å². The van der Waals surface area contributed by atoms with Gasteiger partial charge in [-0.25, -0.2) is 4.79 Å². The van der Waals surface area contributed by atoms with Crippen LogP contribution in [-0.4, -0.2) is 29.4 Å². The van der Waals surface area contributed by atoms with Crippen molar-refractivity contribution in [3.05, 3.63) is 44.8 Å². The Balaban J connectivity index is 2.26. The van der Waals surface area contributed by atoms with Gasteiger partial charge in [-0.05, 0) is 13.0 Å². The number of aromatic amines is 1. The van der Waals surface area contributed by atoms with Gasteiger partial charge in [-0.15, -0.1) is 0 Å². The quantitative estimate of drug-likeness (QED) is 0.749. The molecule has 1 aliphatic heterocycles. The summed E-state index contributed by atoms with van der Waals surface area (Å²) in [5, 5.41) is 0. The van der Waals surface area contributed by atoms with Gasteiger partial charge in [0.25, 0.3) is 5.56 Å². The van der Waals surface area contributed by atoms with E-state index in [0.29, 0.717) is 12.2 Å². The Morgan fingerprint density at radius 3 is 2.94 bits per heavy atom. The van der Waals surface area contributed by atoms with Gasteiger partial charge in [0.1, 0.15) is 6.10 Å². The Labute approximate surface area is 97.5 Å². The van der Waals surface area contributed by atoms with Crippen LogP contribution in [0.25, 0.3) is 0 Å². The summed E-state index contributed by atoms with van der Waals surface area (Å²) in [6.45, 7) is 2.07. The van der Waals surface area contributed by atoms with Crippen molar-refractivity contribution in [1.82, 2.24) is 9.55 Å². The zero-order valence-corrected chi connectivity index (χ0v) is 9.67. The molecule has 2 heterocycles. The van der Waals surface area contributed by atoms with Crippen molar-refractivity contribution in [3.63, 3.8) is 0 Å². The number of nitrogens with zero attached hydrogens (tertiary/aromatic N) is 1. The van der Waals surface area contributed by atoms with Crippen LogP contribution in [0.1, 0.15) is 11.8 Å². The van der Waals surface area contributed by atoms with Crippen LogP contribution in [0.3, 0.4) is 0 Å². The van der Waals surface area contributed by atoms with E-state index in [1.165, 1.54) is 10.8 Å². The van der Waals surface area contributed by atoms with Crippen molar-refractivity contribution in [3.8, 4) is 0 Å². The lowest BCUT2D eigenvalue weighted by Gasteiger charge is -2.15. The van der Waals surface area contributed by atoms with Crippen molar-refractivity contribution in [1.29, 1.82) is 0 Å². The molecule has 1 N–H and O–H groups in total. The minimum atomic E-state index is -0.488. The van der Waals surface area contributed by atoms with Crippen LogP contribution in [-0.2, 0) is 9.47 Å². The summed E-state index contributed by atoms with van der Waals surface area (Å²) in [6, 6.07) is 0. The zero-order chi connectivity index (χ0) is 12.4. The van der Waals surface area contributed by atoms with Crippen molar-refractivity contribution >= 4 is 0 Å². The van der Waals surface area contributed by atoms with E-state index >= 15 is 0 Å². The topological polar surface area (TPSA) is 73.3 Å². The Bertz CT molecular complexity index is 543. The highest BCUT2D eigenvalue weighted by molar-refractivity contribution is 5.06. The van der Waals surface area contributed by atoms with Crippen LogP contribution in [0.15, 0.2) is 27.9 Å². The summed E-state index contributed by atoms with van der Waals surface area (Å²) in [6.07, 6.45) is 4.44. The van der Waals surface area contributed by atoms with E-state index in [0.717, 1.165) is 0 Å². The van der Waals surface area contributed by atoms with Crippen molar-refractivity contribution in [2.75, 3.05) is 13.7 Å². The second-order valence-corrected chi connectivity index (χ2v) is 3.88. The Kier molecular flexibility index (Phi) is 3.26. The highest BCUT2D eigenvalue weighted by Crippen LogP contribution is 2.19. The van der Waals surface area contributed by atoms with E-state index in [1.807, 2.05) is 6.08 Å². The molecule has 2 atom stereocenters. The second kappa shape index (κ2) is 4.68. The standard InChI is InChI=1S/C11H14N2O4/c1-7-5-13(11(15)12-10(7)14)9-4-3-8(17-9)6-16-2/h3-5,8-9H,6H2,1-2H3,(H,12,14,15)/t8-,9-/m1/s1. The molecule has 1 aromatic rings. The molecule has 0 aromatic carbocycles. The van der Waals surface area contributed by atoms with Gasteiger partial charge in [-0.3, -0.25) is 14.3 Å². The fourth-order valence-electron chi connectivity index (χ4n) is 1.68. The summed E-state index contributed by atoms with van der Waals surface area (Å²) < 4.78 is 11.9. The zero-order valence-electron chi connectivity index (χ0n) is 9.67. The normalized spacial score (nSPS) is 23.2. The van der Waals surface area contributed by atoms with E-state index in [1.54, 1.807) is 20.1 Å². The maximum atomic E-state index is 11.6. The number of rotatable bonds is 3. The molecule has 6 heteroatoms. The highest BCUT2D eigenvalue weighted by Gasteiger charge is 2.21. The van der Waals surface area contributed by atoms with Gasteiger partial charge in [0, 0.05) is 18.9 Å². The Morgan fingerprint density at radius 2 is 2.24 bits per heavy atom. The van der Waals surface area contributed by atoms with Crippen LogP contribution < -0.4 is 11.2 Å². The van der Waals surface area contributed by atoms with Crippen LogP contribution in [0, 0.1) is 6.92 Å². The molecule has 0 fully saturated rings. The largest absolute Gasteiger partial charge is 0.382 e. The van der Waals surface area contributed by atoms with E-state index in [9.17, 15) is 9.59 Å². The maximum Gasteiger partial charge on any atom is 0.330 e. The molecular formula is C11H14N2O4. The number of hydrogen-bond donors (Lipinski definition) is 1. The van der Waals surface area contributed by atoms with Gasteiger partial charge in [-0.1, -0.05) is 6.08 Å². The third-order valence-electron chi connectivity index (χ3n) is 2.56. The lowest BCUT2D eigenvalue weighted by Crippen LogP contribution is -2.33. The molecule has 2 rings (SSSR count). The first-order valence-electron chi connectivity index (χ1n) is 5.26. The predicted molar refractivity (Wildman–Crippen MR) is 61.0 cm³/mol. The monoisotopic (exact) mass is 238 g/mol. The first-order valence-corrected chi connectivity index (χ1v) is 5.26. The second-order valence-electron chi connectivity index (χ2n) is 3.88. The average Bonchev–Trinajstić information content (AvgIpc) is 2.72. The molecule has 0 unspecified atom stereocenters. The van der Waals surface area contributed by atoms with E-state index in [2.05, 4.69) is 4.98 Å². The molecule has 0 saturated heterocycles. The van der Waals surface area contributed by atoms with Gasteiger partial charge in [0.2, 0.25) is 0 Å². The third-order valence-corrected chi connectivity index (χ3v) is 2.56. The van der Waals surface area contributed by atoms with Crippen LogP contribution in [0.4, 0.5) is 0 Å². The van der Waals surface area contributed by atoms with Crippen LogP contribution >= 0.6 is 0 Å². The van der Waals surface area contributed by atoms with Gasteiger partial charge in [-0.2, -0.15) is 0 Å². The highest BCUT2D eigenvalue weighted by atomic mass is 16.5. The first kappa shape index (κ1) is 11.8. The van der Waals surface area contributed by atoms with Gasteiger partial charge in [0.15, 0.2) is 6.23 Å². The Hall–Kier alpha value is -1.66. The lowest BCUT2D eigenvalue weighted by molar-refractivity contribution is -0.0202. The summed E-state index contributed by atoms with van der Waals surface area (Å²) >= 11 is 0. The molecule has 1 aliphatic rings. The molecule has 0 bridgehead atoms. The summed E-state index contributed by atoms with van der Waals surface area (Å²) in [5.41, 5.74) is -0.383. The van der Waals surface area contributed by atoms with Crippen LogP contribution in [0.5, 0.6) is 0 Å². The smallest absolute Gasteiger partial charge is 0.330 e. The summed E-state index contributed by atoms with van der Waals surface area (Å²) in [5.74, 6) is 0. The third kappa shape index (κ3) is 2.37. The summed E-state index contributed by atoms with van der Waals surface area (Å²) in [4.78, 5) is 25.1. The number of H-pyrrole nitrogens is 1. The van der Waals surface area contributed by atoms with E-state index in [4.69, 9.17) is 9.47 Å². The number of aryl methyl sites for hydroxylation is 1. The number of methoxy groups -OCH3 is 1. The number of aromatic nitrogens is 2. The molecule has 92 valence electrons. The van der Waals surface area contributed by atoms with E-state index < -0.39 is 11.9 Å². The molecule has 0 spiro atoms. The molecule has 0 saturated carbocycles. The minimum Gasteiger partial charge on any atom is -0.382 e. The molecule has 0 radical (unpaired) electrons. The molecular weight excluding hydrogens is 224 g/mol. The molecule has 6 nitrogen and oxygen atoms in total. The molecule has 0 amide bonds. The lowest BCUT2D eigenvalue weighted by atomic mass is 10.3.